The van der Waals surface area contributed by atoms with Crippen LogP contribution in [0.15, 0.2) is 41.9 Å². The van der Waals surface area contributed by atoms with Crippen molar-refractivity contribution in [2.24, 2.45) is 0 Å². The Hall–Kier alpha value is -1.90. The zero-order chi connectivity index (χ0) is 20.9. The van der Waals surface area contributed by atoms with Crippen molar-refractivity contribution in [2.45, 2.75) is 18.8 Å². The second-order valence-electron chi connectivity index (χ2n) is 6.53. The number of carbonyl (C=O) groups is 1. The van der Waals surface area contributed by atoms with Crippen LogP contribution in [0.2, 0.25) is 0 Å². The Labute approximate surface area is 165 Å². The Bertz CT molecular complexity index is 736. The molecule has 0 aromatic heterocycles. The predicted molar refractivity (Wildman–Crippen MR) is 102 cm³/mol. The molecule has 1 N–H and O–H groups in total. The lowest BCUT2D eigenvalue weighted by Gasteiger charge is -2.29. The first kappa shape index (κ1) is 22.4. The van der Waals surface area contributed by atoms with Crippen LogP contribution in [0.1, 0.15) is 5.56 Å². The van der Waals surface area contributed by atoms with Gasteiger partial charge >= 0.3 is 13.6 Å². The molecule has 2 rings (SSSR count). The summed E-state index contributed by atoms with van der Waals surface area (Å²) in [5, 5.41) is 9.56. The Balaban J connectivity index is 2.41. The van der Waals surface area contributed by atoms with E-state index in [-0.39, 0.29) is 18.1 Å². The molecule has 1 aliphatic heterocycles. The fourth-order valence-corrected chi connectivity index (χ4v) is 4.04. The molecule has 0 aliphatic carbocycles. The third kappa shape index (κ3) is 4.74. The molecule has 156 valence electrons. The van der Waals surface area contributed by atoms with Crippen molar-refractivity contribution in [1.29, 1.82) is 0 Å². The predicted octanol–water partition coefficient (Wildman–Crippen LogP) is 1.60. The quantitative estimate of drug-likeness (QED) is 0.452. The number of hydrogen-bond acceptors (Lipinski definition) is 7. The van der Waals surface area contributed by atoms with Gasteiger partial charge in [0.05, 0.1) is 6.61 Å². The van der Waals surface area contributed by atoms with Crippen molar-refractivity contribution in [2.75, 3.05) is 41.9 Å². The minimum Gasteiger partial charge on any atom is -0.485 e. The number of aliphatic hydroxyl groups is 1. The van der Waals surface area contributed by atoms with E-state index in [0.717, 1.165) is 5.56 Å². The highest BCUT2D eigenvalue weighted by molar-refractivity contribution is 7.54. The molecule has 0 bridgehead atoms. The van der Waals surface area contributed by atoms with E-state index in [1.165, 1.54) is 16.5 Å². The summed E-state index contributed by atoms with van der Waals surface area (Å²) < 4.78 is 38.0. The van der Waals surface area contributed by atoms with Gasteiger partial charge in [-0.3, -0.25) is 0 Å². The van der Waals surface area contributed by atoms with Crippen LogP contribution in [0.4, 0.5) is 0 Å². The number of aliphatic hydroxyl groups excluding tert-OH is 1. The number of methoxy groups -OCH3 is 1. The normalized spacial score (nSPS) is 18.6. The lowest BCUT2D eigenvalue weighted by atomic mass is 10.1. The molecule has 10 heteroatoms. The van der Waals surface area contributed by atoms with E-state index in [2.05, 4.69) is 0 Å². The summed E-state index contributed by atoms with van der Waals surface area (Å²) in [5.74, 6) is -1.08. The standard InChI is InChI=1S/C18H27N2O7P/c1-19(2)28(23,20(3)4)27-17-16(25-12-13-9-7-6-8-10-13)15(26-18(17)22)14(11-21)24-5/h6-10,14-15,21H,11-12H2,1-5H3. The second-order valence-corrected chi connectivity index (χ2v) is 9.29. The zero-order valence-electron chi connectivity index (χ0n) is 16.7. The molecule has 28 heavy (non-hydrogen) atoms. The highest BCUT2D eigenvalue weighted by Crippen LogP contribution is 2.53. The molecule has 1 aliphatic rings. The topological polar surface area (TPSA) is 97.8 Å². The van der Waals surface area contributed by atoms with E-state index in [9.17, 15) is 14.5 Å². The first-order valence-electron chi connectivity index (χ1n) is 8.65. The molecule has 0 radical (unpaired) electrons. The highest BCUT2D eigenvalue weighted by atomic mass is 31.2. The van der Waals surface area contributed by atoms with Crippen molar-refractivity contribution < 1.29 is 33.2 Å². The lowest BCUT2D eigenvalue weighted by Crippen LogP contribution is -2.34. The Morgan fingerprint density at radius 2 is 1.79 bits per heavy atom. The average molecular weight is 414 g/mol. The molecule has 1 aromatic rings. The first-order chi connectivity index (χ1) is 13.2. The molecular weight excluding hydrogens is 387 g/mol. The lowest BCUT2D eigenvalue weighted by molar-refractivity contribution is -0.149. The van der Waals surface area contributed by atoms with Crippen molar-refractivity contribution in [1.82, 2.24) is 9.34 Å². The van der Waals surface area contributed by atoms with Crippen LogP contribution in [0, 0.1) is 0 Å². The van der Waals surface area contributed by atoms with Gasteiger partial charge in [0, 0.05) is 7.11 Å². The van der Waals surface area contributed by atoms with Gasteiger partial charge in [0.25, 0.3) is 5.76 Å². The van der Waals surface area contributed by atoms with Crippen molar-refractivity contribution in [3.63, 3.8) is 0 Å². The molecular formula is C18H27N2O7P. The summed E-state index contributed by atoms with van der Waals surface area (Å²) in [6.45, 7) is -0.273. The van der Waals surface area contributed by atoms with Crippen molar-refractivity contribution >= 4 is 13.6 Å². The largest absolute Gasteiger partial charge is 0.485 e. The van der Waals surface area contributed by atoms with Crippen LogP contribution in [0.3, 0.4) is 0 Å². The molecule has 0 spiro atoms. The van der Waals surface area contributed by atoms with E-state index >= 15 is 0 Å². The van der Waals surface area contributed by atoms with Gasteiger partial charge in [0.1, 0.15) is 12.7 Å². The Morgan fingerprint density at radius 3 is 2.29 bits per heavy atom. The molecule has 0 amide bonds. The molecule has 1 aromatic carbocycles. The third-order valence-electron chi connectivity index (χ3n) is 4.18. The maximum Gasteiger partial charge on any atom is 0.395 e. The third-order valence-corrected chi connectivity index (χ3v) is 6.62. The monoisotopic (exact) mass is 414 g/mol. The van der Waals surface area contributed by atoms with E-state index in [1.807, 2.05) is 30.3 Å². The Morgan fingerprint density at radius 1 is 1.18 bits per heavy atom. The van der Waals surface area contributed by atoms with Gasteiger partial charge in [0.15, 0.2) is 11.9 Å². The summed E-state index contributed by atoms with van der Waals surface area (Å²) in [6.07, 6.45) is -1.87. The van der Waals surface area contributed by atoms with Crippen molar-refractivity contribution in [3.05, 3.63) is 47.4 Å². The van der Waals surface area contributed by atoms with Crippen LogP contribution >= 0.6 is 7.67 Å². The average Bonchev–Trinajstić information content (AvgIpc) is 2.97. The van der Waals surface area contributed by atoms with E-state index in [4.69, 9.17) is 18.7 Å². The van der Waals surface area contributed by atoms with Gasteiger partial charge in [-0.05, 0) is 33.8 Å². The van der Waals surface area contributed by atoms with Gasteiger partial charge in [-0.2, -0.15) is 0 Å². The molecule has 0 fully saturated rings. The molecule has 9 nitrogen and oxygen atoms in total. The summed E-state index contributed by atoms with van der Waals surface area (Å²) in [5.41, 5.74) is 0.855. The molecule has 2 atom stereocenters. The first-order valence-corrected chi connectivity index (χ1v) is 10.2. The minimum atomic E-state index is -3.53. The number of cyclic esters (lactones) is 1. The van der Waals surface area contributed by atoms with Gasteiger partial charge in [-0.15, -0.1) is 0 Å². The van der Waals surface area contributed by atoms with Gasteiger partial charge in [0.2, 0.25) is 0 Å². The van der Waals surface area contributed by atoms with Crippen molar-refractivity contribution in [3.8, 4) is 0 Å². The number of ether oxygens (including phenoxy) is 3. The maximum atomic E-state index is 13.2. The number of benzene rings is 1. The van der Waals surface area contributed by atoms with Crippen LogP contribution in [0.25, 0.3) is 0 Å². The van der Waals surface area contributed by atoms with Gasteiger partial charge in [-0.25, -0.2) is 18.7 Å². The van der Waals surface area contributed by atoms with Gasteiger partial charge in [-0.1, -0.05) is 30.3 Å². The zero-order valence-corrected chi connectivity index (χ0v) is 17.6. The summed E-state index contributed by atoms with van der Waals surface area (Å²) >= 11 is 0. The number of esters is 1. The fraction of sp³-hybridized carbons (Fsp3) is 0.500. The molecule has 1 heterocycles. The fourth-order valence-electron chi connectivity index (χ4n) is 2.60. The van der Waals surface area contributed by atoms with E-state index in [1.54, 1.807) is 28.2 Å². The number of rotatable bonds is 10. The Kier molecular flexibility index (Phi) is 7.63. The highest BCUT2D eigenvalue weighted by Gasteiger charge is 2.46. The smallest absolute Gasteiger partial charge is 0.395 e. The summed E-state index contributed by atoms with van der Waals surface area (Å²) in [7, 11) is 4.16. The minimum absolute atomic E-state index is 0.0404. The summed E-state index contributed by atoms with van der Waals surface area (Å²) in [6, 6.07) is 9.31. The summed E-state index contributed by atoms with van der Waals surface area (Å²) in [4.78, 5) is 12.5. The molecule has 0 saturated heterocycles. The van der Waals surface area contributed by atoms with E-state index in [0.29, 0.717) is 0 Å². The SMILES string of the molecule is COC(CO)C1OC(=O)C(OP(=O)(N(C)C)N(C)C)=C1OCc1ccccc1. The maximum absolute atomic E-state index is 13.2. The molecule has 0 saturated carbocycles. The second kappa shape index (κ2) is 9.54. The molecule has 2 unspecified atom stereocenters. The number of nitrogens with zero attached hydrogens (tertiary/aromatic N) is 2. The van der Waals surface area contributed by atoms with E-state index < -0.39 is 32.5 Å². The van der Waals surface area contributed by atoms with Crippen LogP contribution < -0.4 is 0 Å². The van der Waals surface area contributed by atoms with Crippen LogP contribution in [-0.2, 0) is 34.7 Å². The number of hydrogen-bond donors (Lipinski definition) is 1. The number of carbonyl (C=O) groups excluding carboxylic acids is 1. The van der Waals surface area contributed by atoms with Gasteiger partial charge < -0.3 is 23.8 Å². The van der Waals surface area contributed by atoms with Crippen LogP contribution in [-0.4, -0.2) is 74.5 Å². The van der Waals surface area contributed by atoms with Crippen LogP contribution in [0.5, 0.6) is 0 Å².